The number of hydrogen-bond donors (Lipinski definition) is 1. The van der Waals surface area contributed by atoms with Crippen LogP contribution in [0.15, 0.2) is 0 Å². The Labute approximate surface area is 78.4 Å². The first-order valence-corrected chi connectivity index (χ1v) is 6.94. The van der Waals surface area contributed by atoms with Gasteiger partial charge in [-0.1, -0.05) is 0 Å². The molecule has 1 fully saturated rings. The molecule has 1 N–H and O–H groups in total. The van der Waals surface area contributed by atoms with E-state index in [1.54, 1.807) is 18.7 Å². The second kappa shape index (κ2) is 3.55. The maximum atomic E-state index is 11.1. The molecule has 0 aromatic heterocycles. The van der Waals surface area contributed by atoms with Crippen molar-refractivity contribution in [2.75, 3.05) is 18.6 Å². The SMILES string of the molecule is CCS(=O)(=O)NCC1(SC)CC1. The van der Waals surface area contributed by atoms with Gasteiger partial charge in [0.05, 0.1) is 5.75 Å². The van der Waals surface area contributed by atoms with Crippen molar-refractivity contribution in [1.29, 1.82) is 0 Å². The summed E-state index contributed by atoms with van der Waals surface area (Å²) in [7, 11) is -2.99. The van der Waals surface area contributed by atoms with Crippen LogP contribution in [0.1, 0.15) is 19.8 Å². The summed E-state index contributed by atoms with van der Waals surface area (Å²) in [6, 6.07) is 0. The summed E-state index contributed by atoms with van der Waals surface area (Å²) < 4.78 is 25.0. The van der Waals surface area contributed by atoms with Gasteiger partial charge in [-0.15, -0.1) is 0 Å². The van der Waals surface area contributed by atoms with Crippen molar-refractivity contribution in [1.82, 2.24) is 4.72 Å². The van der Waals surface area contributed by atoms with Crippen LogP contribution >= 0.6 is 11.8 Å². The number of thioether (sulfide) groups is 1. The van der Waals surface area contributed by atoms with Crippen LogP contribution in [-0.4, -0.2) is 31.7 Å². The molecule has 1 saturated carbocycles. The van der Waals surface area contributed by atoms with E-state index in [-0.39, 0.29) is 10.5 Å². The number of sulfonamides is 1. The summed E-state index contributed by atoms with van der Waals surface area (Å²) in [5.74, 6) is 0.178. The first-order chi connectivity index (χ1) is 5.54. The van der Waals surface area contributed by atoms with Crippen LogP contribution in [0.5, 0.6) is 0 Å². The van der Waals surface area contributed by atoms with E-state index in [2.05, 4.69) is 4.72 Å². The molecule has 1 rings (SSSR count). The van der Waals surface area contributed by atoms with Gasteiger partial charge in [-0.3, -0.25) is 0 Å². The van der Waals surface area contributed by atoms with Gasteiger partial charge in [0.25, 0.3) is 0 Å². The van der Waals surface area contributed by atoms with E-state index in [4.69, 9.17) is 0 Å². The summed E-state index contributed by atoms with van der Waals surface area (Å²) in [6.45, 7) is 2.26. The highest BCUT2D eigenvalue weighted by molar-refractivity contribution is 8.00. The van der Waals surface area contributed by atoms with E-state index in [0.29, 0.717) is 6.54 Å². The Hall–Kier alpha value is 0.260. The Kier molecular flexibility index (Phi) is 3.06. The molecule has 72 valence electrons. The molecule has 0 aromatic rings. The number of rotatable bonds is 5. The van der Waals surface area contributed by atoms with E-state index in [0.717, 1.165) is 12.8 Å². The van der Waals surface area contributed by atoms with Crippen molar-refractivity contribution >= 4 is 21.8 Å². The molecule has 3 nitrogen and oxygen atoms in total. The van der Waals surface area contributed by atoms with Crippen molar-refractivity contribution in [3.63, 3.8) is 0 Å². The minimum absolute atomic E-state index is 0.178. The molecule has 0 aliphatic heterocycles. The van der Waals surface area contributed by atoms with Crippen molar-refractivity contribution in [3.8, 4) is 0 Å². The molecular weight excluding hydrogens is 194 g/mol. The molecule has 0 bridgehead atoms. The van der Waals surface area contributed by atoms with Crippen LogP contribution < -0.4 is 4.72 Å². The zero-order valence-corrected chi connectivity index (χ0v) is 9.09. The van der Waals surface area contributed by atoms with Crippen LogP contribution in [0.3, 0.4) is 0 Å². The highest BCUT2D eigenvalue weighted by Crippen LogP contribution is 2.46. The summed E-state index contributed by atoms with van der Waals surface area (Å²) >= 11 is 1.76. The van der Waals surface area contributed by atoms with Crippen molar-refractivity contribution in [3.05, 3.63) is 0 Å². The largest absolute Gasteiger partial charge is 0.214 e. The van der Waals surface area contributed by atoms with Crippen molar-refractivity contribution in [2.24, 2.45) is 0 Å². The minimum atomic E-state index is -2.99. The van der Waals surface area contributed by atoms with Gasteiger partial charge >= 0.3 is 0 Å². The topological polar surface area (TPSA) is 46.2 Å². The molecule has 0 atom stereocenters. The van der Waals surface area contributed by atoms with Gasteiger partial charge in [-0.05, 0) is 26.0 Å². The number of nitrogens with one attached hydrogen (secondary N) is 1. The molecule has 0 amide bonds. The average Bonchev–Trinajstić information content (AvgIpc) is 2.82. The smallest absolute Gasteiger partial charge is 0.211 e. The average molecular weight is 209 g/mol. The molecule has 0 heterocycles. The normalized spacial score (nSPS) is 20.8. The Morgan fingerprint density at radius 3 is 2.42 bits per heavy atom. The second-order valence-electron chi connectivity index (χ2n) is 3.11. The Bertz CT molecular complexity index is 244. The lowest BCUT2D eigenvalue weighted by atomic mass is 10.4. The molecule has 0 unspecified atom stereocenters. The highest BCUT2D eigenvalue weighted by atomic mass is 32.2. The van der Waals surface area contributed by atoms with E-state index >= 15 is 0 Å². The van der Waals surface area contributed by atoms with Gasteiger partial charge in [0, 0.05) is 11.3 Å². The maximum absolute atomic E-state index is 11.1. The molecule has 12 heavy (non-hydrogen) atoms. The van der Waals surface area contributed by atoms with Crippen LogP contribution in [0.2, 0.25) is 0 Å². The lowest BCUT2D eigenvalue weighted by Gasteiger charge is -2.12. The molecular formula is C7H15NO2S2. The quantitative estimate of drug-likeness (QED) is 0.729. The van der Waals surface area contributed by atoms with E-state index in [1.807, 2.05) is 6.26 Å². The first kappa shape index (κ1) is 10.3. The van der Waals surface area contributed by atoms with E-state index in [1.165, 1.54) is 0 Å². The summed E-state index contributed by atoms with van der Waals surface area (Å²) in [6.07, 6.45) is 4.31. The van der Waals surface area contributed by atoms with Crippen molar-refractivity contribution < 1.29 is 8.42 Å². The lowest BCUT2D eigenvalue weighted by molar-refractivity contribution is 0.581. The monoisotopic (exact) mass is 209 g/mol. The lowest BCUT2D eigenvalue weighted by Crippen LogP contribution is -2.32. The standard InChI is InChI=1S/C7H15NO2S2/c1-3-12(9,10)8-6-7(11-2)4-5-7/h8H,3-6H2,1-2H3. The van der Waals surface area contributed by atoms with E-state index in [9.17, 15) is 8.42 Å². The molecule has 0 spiro atoms. The molecule has 0 radical (unpaired) electrons. The van der Waals surface area contributed by atoms with Gasteiger partial charge < -0.3 is 0 Å². The highest BCUT2D eigenvalue weighted by Gasteiger charge is 2.42. The van der Waals surface area contributed by atoms with Gasteiger partial charge in [0.2, 0.25) is 10.0 Å². The molecule has 0 saturated heterocycles. The summed E-state index contributed by atoms with van der Waals surface area (Å²) in [5.41, 5.74) is 0. The third-order valence-corrected chi connectivity index (χ3v) is 5.00. The van der Waals surface area contributed by atoms with E-state index < -0.39 is 10.0 Å². The second-order valence-corrected chi connectivity index (χ2v) is 6.48. The van der Waals surface area contributed by atoms with Gasteiger partial charge in [0.15, 0.2) is 0 Å². The minimum Gasteiger partial charge on any atom is -0.214 e. The fraction of sp³-hybridized carbons (Fsp3) is 1.00. The Balaban J connectivity index is 2.35. The zero-order chi connectivity index (χ0) is 9.24. The van der Waals surface area contributed by atoms with Crippen LogP contribution in [0.25, 0.3) is 0 Å². The molecule has 5 heteroatoms. The predicted octanol–water partition coefficient (Wildman–Crippen LogP) is 0.821. The van der Waals surface area contributed by atoms with Crippen LogP contribution in [-0.2, 0) is 10.0 Å². The molecule has 1 aliphatic carbocycles. The van der Waals surface area contributed by atoms with Crippen LogP contribution in [0, 0.1) is 0 Å². The van der Waals surface area contributed by atoms with Gasteiger partial charge in [0.1, 0.15) is 0 Å². The third-order valence-electron chi connectivity index (χ3n) is 2.23. The zero-order valence-electron chi connectivity index (χ0n) is 7.46. The van der Waals surface area contributed by atoms with Crippen molar-refractivity contribution in [2.45, 2.75) is 24.5 Å². The Morgan fingerprint density at radius 2 is 2.08 bits per heavy atom. The molecule has 1 aliphatic rings. The maximum Gasteiger partial charge on any atom is 0.211 e. The number of hydrogen-bond acceptors (Lipinski definition) is 3. The summed E-state index contributed by atoms with van der Waals surface area (Å²) in [5, 5.41) is 0. The fourth-order valence-corrected chi connectivity index (χ4v) is 2.45. The van der Waals surface area contributed by atoms with Gasteiger partial charge in [-0.2, -0.15) is 11.8 Å². The third kappa shape index (κ3) is 2.64. The van der Waals surface area contributed by atoms with Gasteiger partial charge in [-0.25, -0.2) is 13.1 Å². The fourth-order valence-electron chi connectivity index (χ4n) is 0.936. The van der Waals surface area contributed by atoms with Crippen LogP contribution in [0.4, 0.5) is 0 Å². The predicted molar refractivity (Wildman–Crippen MR) is 52.9 cm³/mol. The summed E-state index contributed by atoms with van der Waals surface area (Å²) in [4.78, 5) is 0. The Morgan fingerprint density at radius 1 is 1.50 bits per heavy atom. The first-order valence-electron chi connectivity index (χ1n) is 4.06. The molecule has 0 aromatic carbocycles.